The topological polar surface area (TPSA) is 110 Å². The molecule has 96 valence electrons. The number of carbonyl (C=O) groups is 2. The van der Waals surface area contributed by atoms with E-state index in [2.05, 4.69) is 9.97 Å². The molecule has 0 aliphatic carbocycles. The van der Waals surface area contributed by atoms with E-state index >= 15 is 0 Å². The molecule has 2 aromatic rings. The molecule has 0 spiro atoms. The van der Waals surface area contributed by atoms with E-state index < -0.39 is 11.9 Å². The molecule has 0 saturated heterocycles. The maximum absolute atomic E-state index is 10.2. The Hall–Kier alpha value is -2.64. The Bertz CT molecular complexity index is 558. The summed E-state index contributed by atoms with van der Waals surface area (Å²) < 4.78 is 3.03. The van der Waals surface area contributed by atoms with E-state index in [-0.39, 0.29) is 11.4 Å². The van der Waals surface area contributed by atoms with E-state index in [9.17, 15) is 9.59 Å². The zero-order chi connectivity index (χ0) is 13.7. The number of carboxylic acids is 2. The van der Waals surface area contributed by atoms with Gasteiger partial charge in [0.05, 0.1) is 18.9 Å². The normalized spacial score (nSPS) is 9.44. The van der Waals surface area contributed by atoms with E-state index in [4.69, 9.17) is 10.2 Å². The number of carboxylic acid groups (broad SMARTS) is 2. The molecule has 0 amide bonds. The summed E-state index contributed by atoms with van der Waals surface area (Å²) in [6, 6.07) is 0. The minimum Gasteiger partial charge on any atom is -0.477 e. The number of rotatable bonds is 2. The first-order valence-electron chi connectivity index (χ1n) is 4.82. The minimum atomic E-state index is -0.990. The van der Waals surface area contributed by atoms with Crippen LogP contribution < -0.4 is 0 Å². The fraction of sp³-hybridized carbons (Fsp3) is 0.200. The third-order valence-corrected chi connectivity index (χ3v) is 1.96. The van der Waals surface area contributed by atoms with Crippen LogP contribution >= 0.6 is 0 Å². The van der Waals surface area contributed by atoms with Crippen LogP contribution in [-0.2, 0) is 14.1 Å². The van der Waals surface area contributed by atoms with Gasteiger partial charge in [-0.15, -0.1) is 0 Å². The summed E-state index contributed by atoms with van der Waals surface area (Å²) >= 11 is 0. The molecule has 2 heterocycles. The fourth-order valence-electron chi connectivity index (χ4n) is 1.09. The van der Waals surface area contributed by atoms with E-state index in [1.54, 1.807) is 18.7 Å². The predicted octanol–water partition coefficient (Wildman–Crippen LogP) is 0.237. The Morgan fingerprint density at radius 1 is 1.17 bits per heavy atom. The molecule has 2 rings (SSSR count). The molecule has 2 aromatic heterocycles. The first-order valence-corrected chi connectivity index (χ1v) is 4.82. The fourth-order valence-corrected chi connectivity index (χ4v) is 1.09. The smallest absolute Gasteiger partial charge is 0.356 e. The standard InChI is InChI=1S/2C5H6N2O2/c1-7-2-4(5(8)9)6-3-7;1-7-3-6-2-4(7)5(8)9/h2*2-3H,1H3,(H,8,9). The van der Waals surface area contributed by atoms with Gasteiger partial charge in [-0.3, -0.25) is 0 Å². The van der Waals surface area contributed by atoms with Gasteiger partial charge in [-0.2, -0.15) is 0 Å². The highest BCUT2D eigenvalue weighted by Crippen LogP contribution is 1.93. The highest BCUT2D eigenvalue weighted by molar-refractivity contribution is 5.85. The molecular formula is C10H12N4O4. The van der Waals surface area contributed by atoms with Gasteiger partial charge >= 0.3 is 11.9 Å². The van der Waals surface area contributed by atoms with Crippen molar-refractivity contribution in [2.45, 2.75) is 0 Å². The molecule has 0 aliphatic rings. The third-order valence-electron chi connectivity index (χ3n) is 1.96. The number of imidazole rings is 2. The first kappa shape index (κ1) is 13.4. The van der Waals surface area contributed by atoms with Gasteiger partial charge < -0.3 is 19.3 Å². The molecule has 0 bridgehead atoms. The van der Waals surface area contributed by atoms with Gasteiger partial charge in [-0.1, -0.05) is 0 Å². The monoisotopic (exact) mass is 252 g/mol. The molecule has 0 atom stereocenters. The molecular weight excluding hydrogens is 240 g/mol. The molecule has 0 unspecified atom stereocenters. The van der Waals surface area contributed by atoms with Crippen molar-refractivity contribution in [3.63, 3.8) is 0 Å². The lowest BCUT2D eigenvalue weighted by atomic mass is 10.5. The minimum absolute atomic E-state index is 0.0810. The zero-order valence-electron chi connectivity index (χ0n) is 9.81. The number of aryl methyl sites for hydroxylation is 2. The molecule has 2 N–H and O–H groups in total. The number of nitrogens with zero attached hydrogens (tertiary/aromatic N) is 4. The summed E-state index contributed by atoms with van der Waals surface area (Å²) in [6.45, 7) is 0. The van der Waals surface area contributed by atoms with E-state index in [1.807, 2.05) is 0 Å². The Balaban J connectivity index is 0.000000180. The summed E-state index contributed by atoms with van der Waals surface area (Å²) in [5, 5.41) is 16.7. The second-order valence-corrected chi connectivity index (χ2v) is 3.42. The van der Waals surface area contributed by atoms with Crippen LogP contribution in [0.15, 0.2) is 25.0 Å². The quantitative estimate of drug-likeness (QED) is 0.791. The van der Waals surface area contributed by atoms with Crippen molar-refractivity contribution < 1.29 is 19.8 Å². The highest BCUT2D eigenvalue weighted by atomic mass is 16.4. The molecule has 0 fully saturated rings. The molecule has 0 aromatic carbocycles. The second kappa shape index (κ2) is 5.62. The molecule has 0 radical (unpaired) electrons. The van der Waals surface area contributed by atoms with E-state index in [0.29, 0.717) is 0 Å². The second-order valence-electron chi connectivity index (χ2n) is 3.42. The third kappa shape index (κ3) is 3.44. The Labute approximate surface area is 102 Å². The Morgan fingerprint density at radius 2 is 1.83 bits per heavy atom. The van der Waals surface area contributed by atoms with Crippen LogP contribution in [0.25, 0.3) is 0 Å². The van der Waals surface area contributed by atoms with Crippen LogP contribution in [0.5, 0.6) is 0 Å². The number of aromatic nitrogens is 4. The number of hydrogen-bond donors (Lipinski definition) is 2. The molecule has 0 saturated carbocycles. The van der Waals surface area contributed by atoms with Crippen LogP contribution in [-0.4, -0.2) is 41.3 Å². The Kier molecular flexibility index (Phi) is 4.19. The van der Waals surface area contributed by atoms with E-state index in [0.717, 1.165) is 0 Å². The summed E-state index contributed by atoms with van der Waals surface area (Å²) in [5.41, 5.74) is 0.285. The molecule has 8 nitrogen and oxygen atoms in total. The van der Waals surface area contributed by atoms with Gasteiger partial charge in [-0.25, -0.2) is 19.6 Å². The van der Waals surface area contributed by atoms with Crippen molar-refractivity contribution >= 4 is 11.9 Å². The van der Waals surface area contributed by atoms with Gasteiger partial charge in [0.2, 0.25) is 0 Å². The van der Waals surface area contributed by atoms with Gasteiger partial charge in [0.25, 0.3) is 0 Å². The summed E-state index contributed by atoms with van der Waals surface area (Å²) in [5.74, 6) is -1.94. The average Bonchev–Trinajstić information content (AvgIpc) is 2.87. The summed E-state index contributed by atoms with van der Waals surface area (Å²) in [4.78, 5) is 27.6. The largest absolute Gasteiger partial charge is 0.477 e. The van der Waals surface area contributed by atoms with Gasteiger partial charge in [0, 0.05) is 20.3 Å². The van der Waals surface area contributed by atoms with Crippen LogP contribution in [0.2, 0.25) is 0 Å². The Morgan fingerprint density at radius 3 is 2.06 bits per heavy atom. The SMILES string of the molecule is Cn1cnc(C(=O)O)c1.Cn1cncc1C(=O)O. The lowest BCUT2D eigenvalue weighted by Crippen LogP contribution is -2.02. The van der Waals surface area contributed by atoms with Crippen molar-refractivity contribution in [1.82, 2.24) is 19.1 Å². The van der Waals surface area contributed by atoms with Crippen LogP contribution in [0, 0.1) is 0 Å². The highest BCUT2D eigenvalue weighted by Gasteiger charge is 2.04. The first-order chi connectivity index (χ1) is 8.41. The number of aromatic carboxylic acids is 2. The maximum Gasteiger partial charge on any atom is 0.356 e. The lowest BCUT2D eigenvalue weighted by Gasteiger charge is -1.91. The van der Waals surface area contributed by atoms with Crippen molar-refractivity contribution in [1.29, 1.82) is 0 Å². The molecule has 8 heteroatoms. The lowest BCUT2D eigenvalue weighted by molar-refractivity contribution is 0.0677. The number of hydrogen-bond acceptors (Lipinski definition) is 4. The molecule has 0 aliphatic heterocycles. The van der Waals surface area contributed by atoms with Gasteiger partial charge in [-0.05, 0) is 0 Å². The van der Waals surface area contributed by atoms with Crippen LogP contribution in [0.1, 0.15) is 21.0 Å². The van der Waals surface area contributed by atoms with Gasteiger partial charge in [0.1, 0.15) is 5.69 Å². The van der Waals surface area contributed by atoms with Crippen LogP contribution in [0.4, 0.5) is 0 Å². The van der Waals surface area contributed by atoms with Crippen LogP contribution in [0.3, 0.4) is 0 Å². The van der Waals surface area contributed by atoms with Crippen molar-refractivity contribution in [3.8, 4) is 0 Å². The zero-order valence-corrected chi connectivity index (χ0v) is 9.81. The average molecular weight is 252 g/mol. The van der Waals surface area contributed by atoms with Crippen molar-refractivity contribution in [2.24, 2.45) is 14.1 Å². The summed E-state index contributed by atoms with van der Waals surface area (Å²) in [7, 11) is 3.36. The maximum atomic E-state index is 10.2. The van der Waals surface area contributed by atoms with Crippen molar-refractivity contribution in [2.75, 3.05) is 0 Å². The van der Waals surface area contributed by atoms with E-state index in [1.165, 1.54) is 29.6 Å². The predicted molar refractivity (Wildman–Crippen MR) is 60.3 cm³/mol. The molecule has 18 heavy (non-hydrogen) atoms. The summed E-state index contributed by atoms with van der Waals surface area (Å²) in [6.07, 6.45) is 5.65. The van der Waals surface area contributed by atoms with Crippen molar-refractivity contribution in [3.05, 3.63) is 36.4 Å². The van der Waals surface area contributed by atoms with Gasteiger partial charge in [0.15, 0.2) is 5.69 Å².